The summed E-state index contributed by atoms with van der Waals surface area (Å²) >= 11 is 0. The van der Waals surface area contributed by atoms with Gasteiger partial charge in [0, 0.05) is 5.69 Å². The highest BCUT2D eigenvalue weighted by Crippen LogP contribution is 2.20. The first-order chi connectivity index (χ1) is 8.16. The second-order valence-electron chi connectivity index (χ2n) is 3.58. The number of amides is 2. The molecular formula is C11H12N2O4. The summed E-state index contributed by atoms with van der Waals surface area (Å²) in [5.41, 5.74) is 5.58. The highest BCUT2D eigenvalue weighted by atomic mass is 16.6. The molecule has 6 heteroatoms. The van der Waals surface area contributed by atoms with Crippen molar-refractivity contribution >= 4 is 17.9 Å². The lowest BCUT2D eigenvalue weighted by Crippen LogP contribution is -2.27. The molecule has 0 aromatic heterocycles. The van der Waals surface area contributed by atoms with Crippen LogP contribution in [0, 0.1) is 0 Å². The normalized spacial score (nSPS) is 18.9. The second-order valence-corrected chi connectivity index (χ2v) is 3.58. The molecule has 1 saturated heterocycles. The van der Waals surface area contributed by atoms with Gasteiger partial charge in [0.2, 0.25) is 0 Å². The molecule has 1 fully saturated rings. The van der Waals surface area contributed by atoms with Gasteiger partial charge in [0.15, 0.2) is 6.10 Å². The van der Waals surface area contributed by atoms with Gasteiger partial charge in [-0.2, -0.15) is 0 Å². The monoisotopic (exact) mass is 236 g/mol. The first-order valence-electron chi connectivity index (χ1n) is 5.12. The van der Waals surface area contributed by atoms with Gasteiger partial charge in [-0.15, -0.1) is 0 Å². The van der Waals surface area contributed by atoms with Crippen molar-refractivity contribution in [3.8, 4) is 0 Å². The van der Waals surface area contributed by atoms with E-state index >= 15 is 0 Å². The van der Waals surface area contributed by atoms with Crippen molar-refractivity contribution in [2.75, 3.05) is 18.1 Å². The Kier molecular flexibility index (Phi) is 3.13. The smallest absolute Gasteiger partial charge is 0.414 e. The Morgan fingerprint density at radius 3 is 2.82 bits per heavy atom. The average Bonchev–Trinajstić information content (AvgIpc) is 2.69. The Labute approximate surface area is 97.9 Å². The highest BCUT2D eigenvalue weighted by molar-refractivity contribution is 5.89. The van der Waals surface area contributed by atoms with E-state index in [0.29, 0.717) is 6.54 Å². The van der Waals surface area contributed by atoms with E-state index in [1.807, 2.05) is 18.2 Å². The van der Waals surface area contributed by atoms with Crippen LogP contribution in [0.25, 0.3) is 0 Å². The van der Waals surface area contributed by atoms with Crippen LogP contribution in [0.3, 0.4) is 0 Å². The molecule has 2 rings (SSSR count). The SMILES string of the molecule is NC(=O)OCC1CN(c2ccccc2)C(=O)O1. The van der Waals surface area contributed by atoms with Crippen molar-refractivity contribution in [2.45, 2.75) is 6.10 Å². The van der Waals surface area contributed by atoms with Crippen LogP contribution in [0.2, 0.25) is 0 Å². The quantitative estimate of drug-likeness (QED) is 0.852. The molecule has 90 valence electrons. The van der Waals surface area contributed by atoms with Crippen LogP contribution in [0.15, 0.2) is 30.3 Å². The molecule has 1 atom stereocenters. The number of anilines is 1. The van der Waals surface area contributed by atoms with E-state index in [1.165, 1.54) is 4.90 Å². The first-order valence-corrected chi connectivity index (χ1v) is 5.12. The molecule has 0 saturated carbocycles. The van der Waals surface area contributed by atoms with Gasteiger partial charge in [0.25, 0.3) is 0 Å². The summed E-state index contributed by atoms with van der Waals surface area (Å²) in [5.74, 6) is 0. The van der Waals surface area contributed by atoms with Crippen molar-refractivity contribution in [1.82, 2.24) is 0 Å². The molecule has 2 N–H and O–H groups in total. The van der Waals surface area contributed by atoms with E-state index in [1.54, 1.807) is 12.1 Å². The predicted octanol–water partition coefficient (Wildman–Crippen LogP) is 1.11. The van der Waals surface area contributed by atoms with Gasteiger partial charge >= 0.3 is 12.2 Å². The minimum atomic E-state index is -0.876. The number of carbonyl (C=O) groups excluding carboxylic acids is 2. The summed E-state index contributed by atoms with van der Waals surface area (Å²) < 4.78 is 9.63. The van der Waals surface area contributed by atoms with E-state index < -0.39 is 18.3 Å². The number of ether oxygens (including phenoxy) is 2. The molecule has 1 unspecified atom stereocenters. The molecule has 0 aliphatic carbocycles. The van der Waals surface area contributed by atoms with Crippen LogP contribution < -0.4 is 10.6 Å². The first kappa shape index (κ1) is 11.3. The minimum Gasteiger partial charge on any atom is -0.446 e. The third-order valence-corrected chi connectivity index (χ3v) is 2.35. The van der Waals surface area contributed by atoms with E-state index in [0.717, 1.165) is 5.69 Å². The number of primary amides is 1. The van der Waals surface area contributed by atoms with Gasteiger partial charge in [0.05, 0.1) is 6.54 Å². The summed E-state index contributed by atoms with van der Waals surface area (Å²) in [7, 11) is 0. The zero-order valence-corrected chi connectivity index (χ0v) is 9.04. The number of cyclic esters (lactones) is 1. The van der Waals surface area contributed by atoms with Crippen LogP contribution in [-0.2, 0) is 9.47 Å². The Morgan fingerprint density at radius 2 is 2.18 bits per heavy atom. The van der Waals surface area contributed by atoms with Gasteiger partial charge in [-0.25, -0.2) is 9.59 Å². The average molecular weight is 236 g/mol. The lowest BCUT2D eigenvalue weighted by atomic mass is 10.3. The Morgan fingerprint density at radius 1 is 1.47 bits per heavy atom. The molecule has 6 nitrogen and oxygen atoms in total. The molecule has 0 spiro atoms. The zero-order valence-electron chi connectivity index (χ0n) is 9.04. The van der Waals surface area contributed by atoms with Crippen LogP contribution in [0.5, 0.6) is 0 Å². The summed E-state index contributed by atoms with van der Waals surface area (Å²) in [4.78, 5) is 23.5. The third kappa shape index (κ3) is 2.66. The standard InChI is InChI=1S/C11H12N2O4/c12-10(14)16-7-9-6-13(11(15)17-9)8-4-2-1-3-5-8/h1-5,9H,6-7H2,(H2,12,14). The minimum absolute atomic E-state index is 0.0234. The fourth-order valence-electron chi connectivity index (χ4n) is 1.60. The summed E-state index contributed by atoms with van der Waals surface area (Å²) in [6.45, 7) is 0.320. The Bertz CT molecular complexity index is 421. The van der Waals surface area contributed by atoms with Gasteiger partial charge in [-0.1, -0.05) is 18.2 Å². The lowest BCUT2D eigenvalue weighted by Gasteiger charge is -2.12. The maximum atomic E-state index is 11.6. The number of para-hydroxylation sites is 1. The second kappa shape index (κ2) is 4.73. The molecule has 2 amide bonds. The number of carbonyl (C=O) groups is 2. The topological polar surface area (TPSA) is 81.9 Å². The number of nitrogens with two attached hydrogens (primary N) is 1. The van der Waals surface area contributed by atoms with Crippen molar-refractivity contribution < 1.29 is 19.1 Å². The van der Waals surface area contributed by atoms with Gasteiger partial charge in [-0.05, 0) is 12.1 Å². The fraction of sp³-hybridized carbons (Fsp3) is 0.273. The van der Waals surface area contributed by atoms with E-state index in [4.69, 9.17) is 10.5 Å². The number of hydrogen-bond donors (Lipinski definition) is 1. The van der Waals surface area contributed by atoms with Gasteiger partial charge in [0.1, 0.15) is 6.61 Å². The number of rotatable bonds is 3. The molecule has 1 aliphatic rings. The predicted molar refractivity (Wildman–Crippen MR) is 59.6 cm³/mol. The van der Waals surface area contributed by atoms with Crippen molar-refractivity contribution in [2.24, 2.45) is 5.73 Å². The van der Waals surface area contributed by atoms with Crippen LogP contribution in [0.1, 0.15) is 0 Å². The van der Waals surface area contributed by atoms with E-state index in [-0.39, 0.29) is 6.61 Å². The highest BCUT2D eigenvalue weighted by Gasteiger charge is 2.32. The van der Waals surface area contributed by atoms with Crippen LogP contribution in [0.4, 0.5) is 15.3 Å². The largest absolute Gasteiger partial charge is 0.446 e. The Balaban J connectivity index is 1.98. The molecule has 0 bridgehead atoms. The zero-order chi connectivity index (χ0) is 12.3. The van der Waals surface area contributed by atoms with Crippen molar-refractivity contribution in [3.63, 3.8) is 0 Å². The van der Waals surface area contributed by atoms with Crippen molar-refractivity contribution in [1.29, 1.82) is 0 Å². The van der Waals surface area contributed by atoms with E-state index in [2.05, 4.69) is 4.74 Å². The van der Waals surface area contributed by atoms with Gasteiger partial charge < -0.3 is 15.2 Å². The molecule has 1 aliphatic heterocycles. The maximum Gasteiger partial charge on any atom is 0.414 e. The molecule has 0 radical (unpaired) electrons. The maximum absolute atomic E-state index is 11.6. The van der Waals surface area contributed by atoms with Crippen molar-refractivity contribution in [3.05, 3.63) is 30.3 Å². The molecule has 1 aromatic rings. The third-order valence-electron chi connectivity index (χ3n) is 2.35. The lowest BCUT2D eigenvalue weighted by molar-refractivity contribution is 0.0779. The fourth-order valence-corrected chi connectivity index (χ4v) is 1.60. The molecular weight excluding hydrogens is 224 g/mol. The summed E-state index contributed by atoms with van der Waals surface area (Å²) in [6, 6.07) is 9.13. The summed E-state index contributed by atoms with van der Waals surface area (Å²) in [5, 5.41) is 0. The Hall–Kier alpha value is -2.24. The van der Waals surface area contributed by atoms with E-state index in [9.17, 15) is 9.59 Å². The molecule has 17 heavy (non-hydrogen) atoms. The van der Waals surface area contributed by atoms with Gasteiger partial charge in [-0.3, -0.25) is 4.90 Å². The molecule has 1 aromatic carbocycles. The van der Waals surface area contributed by atoms with Crippen LogP contribution in [-0.4, -0.2) is 31.4 Å². The van der Waals surface area contributed by atoms with Crippen LogP contribution >= 0.6 is 0 Å². The number of nitrogens with zero attached hydrogens (tertiary/aromatic N) is 1. The number of benzene rings is 1. The summed E-state index contributed by atoms with van der Waals surface area (Å²) in [6.07, 6.45) is -1.80. The number of hydrogen-bond acceptors (Lipinski definition) is 4. The molecule has 1 heterocycles.